The Morgan fingerprint density at radius 2 is 0.875 bits per heavy atom. The van der Waals surface area contributed by atoms with E-state index in [4.69, 9.17) is 17.0 Å². The molecule has 0 amide bonds. The Morgan fingerprint density at radius 1 is 0.518 bits per heavy atom. The number of alkyl halides is 6. The van der Waals surface area contributed by atoms with Gasteiger partial charge in [-0.3, -0.25) is 0 Å². The number of fused-ring (bicyclic) bond motifs is 2. The Balaban J connectivity index is 1.33. The maximum atomic E-state index is 13.6. The number of benzene rings is 4. The second-order valence-electron chi connectivity index (χ2n) is 17.0. The van der Waals surface area contributed by atoms with E-state index in [1.54, 1.807) is 24.3 Å². The second-order valence-corrected chi connectivity index (χ2v) is 59.5. The molecule has 4 aliphatic carbocycles. The molecular weight excluding hydrogens is 857 g/mol. The molecule has 4 aliphatic rings. The molecule has 2 fully saturated rings. The van der Waals surface area contributed by atoms with Crippen molar-refractivity contribution < 1.29 is 41.9 Å². The van der Waals surface area contributed by atoms with Crippen molar-refractivity contribution in [2.75, 3.05) is 0 Å². The molecule has 4 aromatic rings. The van der Waals surface area contributed by atoms with Crippen molar-refractivity contribution in [1.82, 2.24) is 0 Å². The van der Waals surface area contributed by atoms with E-state index in [1.807, 2.05) is 24.3 Å². The summed E-state index contributed by atoms with van der Waals surface area (Å²) >= 11 is -5.30. The third-order valence-electron chi connectivity index (χ3n) is 13.6. The molecule has 4 aromatic carbocycles. The molecule has 0 heterocycles. The van der Waals surface area contributed by atoms with E-state index in [0.717, 1.165) is 120 Å². The molecule has 8 rings (SSSR count). The predicted octanol–water partition coefficient (Wildman–Crippen LogP) is 15.8. The maximum absolute atomic E-state index is 13.6. The fourth-order valence-electron chi connectivity index (χ4n) is 10.7. The normalized spacial score (nSPS) is 21.7. The standard InChI is InChI=1S/2C22H20F3.C2H7Si.2ClH.Zr/c2*23-22(24,25)19-11-9-16(10-12-19)20-8-4-7-17-13-18(14-21(17)20)15-5-2-1-3-6-15;1-3-2;;;/h2*4,7-15H,1-3,5-6H2;3H,1-2H3;2*1H;/q;;;;;+2/p-2. The summed E-state index contributed by atoms with van der Waals surface area (Å²) in [5.41, 5.74) is 8.76. The Hall–Kier alpha value is -2.38. The fraction of sp³-hybridized carbons (Fsp3) is 0.391. The SMILES string of the molecule is C[SiH](C)[Zr]([Cl])([Cl])([CH]1C(C2CCCCC2)=Cc2c(-c3ccc(C(F)(F)F)cc3)cccc21)[CH]1C(C2CCCCC2)=Cc2c(-c3ccc(C(F)(F)F)cc3)cccc21. The van der Waals surface area contributed by atoms with Crippen LogP contribution in [0.25, 0.3) is 34.4 Å². The van der Waals surface area contributed by atoms with Gasteiger partial charge in [0.25, 0.3) is 0 Å². The van der Waals surface area contributed by atoms with Crippen LogP contribution in [0, 0.1) is 11.8 Å². The average Bonchev–Trinajstić information content (AvgIpc) is 3.79. The van der Waals surface area contributed by atoms with Crippen LogP contribution in [0.2, 0.25) is 13.1 Å². The molecule has 0 radical (unpaired) electrons. The first-order valence-electron chi connectivity index (χ1n) is 20.2. The number of allylic oxidation sites excluding steroid dienone is 2. The average molecular weight is 904 g/mol. The van der Waals surface area contributed by atoms with Crippen LogP contribution < -0.4 is 0 Å². The summed E-state index contributed by atoms with van der Waals surface area (Å²) in [6.07, 6.45) is 6.89. The molecule has 0 N–H and O–H groups in total. The third-order valence-corrected chi connectivity index (χ3v) is 65.3. The molecule has 10 heteroatoms. The van der Waals surface area contributed by atoms with Gasteiger partial charge in [0.2, 0.25) is 0 Å². The molecule has 0 saturated heterocycles. The van der Waals surface area contributed by atoms with Gasteiger partial charge in [-0.25, -0.2) is 0 Å². The first-order valence-corrected chi connectivity index (χ1v) is 36.5. The van der Waals surface area contributed by atoms with Gasteiger partial charge in [-0.2, -0.15) is 0 Å². The Labute approximate surface area is 335 Å². The number of rotatable bonds is 7. The van der Waals surface area contributed by atoms with Crippen LogP contribution in [0.15, 0.2) is 96.1 Å². The molecule has 0 aromatic heterocycles. The third kappa shape index (κ3) is 6.98. The number of hydrogen-bond acceptors (Lipinski definition) is 0. The van der Waals surface area contributed by atoms with Gasteiger partial charge in [-0.15, -0.1) is 0 Å². The zero-order valence-electron chi connectivity index (χ0n) is 31.7. The van der Waals surface area contributed by atoms with E-state index in [-0.39, 0.29) is 7.25 Å². The van der Waals surface area contributed by atoms with E-state index in [0.29, 0.717) is 11.8 Å². The van der Waals surface area contributed by atoms with Crippen LogP contribution in [0.1, 0.15) is 105 Å². The Kier molecular flexibility index (Phi) is 10.8. The minimum absolute atomic E-state index is 0.170. The van der Waals surface area contributed by atoms with Crippen molar-refractivity contribution in [3.8, 4) is 22.3 Å². The van der Waals surface area contributed by atoms with E-state index >= 15 is 0 Å². The summed E-state index contributed by atoms with van der Waals surface area (Å²) < 4.78 is 81.4. The van der Waals surface area contributed by atoms with Crippen molar-refractivity contribution in [2.45, 2.75) is 96.9 Å². The molecule has 0 bridgehead atoms. The first kappa shape index (κ1) is 40.4. The topological polar surface area (TPSA) is 0 Å². The van der Waals surface area contributed by atoms with Crippen molar-refractivity contribution in [2.24, 2.45) is 11.8 Å². The van der Waals surface area contributed by atoms with Gasteiger partial charge in [0.1, 0.15) is 0 Å². The number of halogens is 8. The van der Waals surface area contributed by atoms with E-state index in [1.165, 1.54) is 24.0 Å². The van der Waals surface area contributed by atoms with Gasteiger partial charge < -0.3 is 0 Å². The van der Waals surface area contributed by atoms with Gasteiger partial charge >= 0.3 is 337 Å². The van der Waals surface area contributed by atoms with Crippen LogP contribution >= 0.6 is 17.0 Å². The summed E-state index contributed by atoms with van der Waals surface area (Å²) in [7, 11) is 17.7. The summed E-state index contributed by atoms with van der Waals surface area (Å²) in [4.78, 5) is 0. The van der Waals surface area contributed by atoms with Crippen molar-refractivity contribution >= 4 is 35.1 Å². The zero-order valence-corrected chi connectivity index (χ0v) is 36.8. The van der Waals surface area contributed by atoms with Gasteiger partial charge in [-0.1, -0.05) is 0 Å². The van der Waals surface area contributed by atoms with Crippen LogP contribution in [-0.4, -0.2) is 5.92 Å². The van der Waals surface area contributed by atoms with E-state index in [2.05, 4.69) is 37.4 Å². The van der Waals surface area contributed by atoms with Crippen molar-refractivity contribution in [3.05, 3.63) is 129 Å². The van der Waals surface area contributed by atoms with Crippen LogP contribution in [0.5, 0.6) is 0 Å². The van der Waals surface area contributed by atoms with Gasteiger partial charge in [0, 0.05) is 0 Å². The Bertz CT molecular complexity index is 2020. The predicted molar refractivity (Wildman–Crippen MR) is 219 cm³/mol. The minimum atomic E-state index is -5.30. The monoisotopic (exact) mass is 901 g/mol. The molecule has 2 unspecified atom stereocenters. The molecule has 0 spiro atoms. The summed E-state index contributed by atoms with van der Waals surface area (Å²) in [5.74, 6) is -1.33. The molecule has 0 nitrogen and oxygen atoms in total. The van der Waals surface area contributed by atoms with Gasteiger partial charge in [0.15, 0.2) is 0 Å². The Morgan fingerprint density at radius 3 is 1.20 bits per heavy atom. The number of hydrogen-bond donors (Lipinski definition) is 0. The van der Waals surface area contributed by atoms with Gasteiger partial charge in [0.05, 0.1) is 0 Å². The molecule has 2 atom stereocenters. The molecule has 295 valence electrons. The summed E-state index contributed by atoms with van der Waals surface area (Å²) in [6, 6.07) is 23.3. The van der Waals surface area contributed by atoms with E-state index < -0.39 is 45.0 Å². The van der Waals surface area contributed by atoms with Gasteiger partial charge in [-0.05, 0) is 0 Å². The molecule has 2 saturated carbocycles. The summed E-state index contributed by atoms with van der Waals surface area (Å²) in [5, 5.41) is 0. The summed E-state index contributed by atoms with van der Waals surface area (Å²) in [6.45, 7) is 4.66. The second kappa shape index (κ2) is 15.0. The van der Waals surface area contributed by atoms with Crippen LogP contribution in [0.4, 0.5) is 26.3 Å². The molecule has 56 heavy (non-hydrogen) atoms. The quantitative estimate of drug-likeness (QED) is 0.128. The van der Waals surface area contributed by atoms with E-state index in [9.17, 15) is 26.3 Å². The molecule has 0 aliphatic heterocycles. The van der Waals surface area contributed by atoms with Crippen molar-refractivity contribution in [1.29, 1.82) is 0 Å². The fourth-order valence-corrected chi connectivity index (χ4v) is 41.7. The van der Waals surface area contributed by atoms with Crippen LogP contribution in [-0.2, 0) is 27.9 Å². The molecular formula is C46H47Cl2F6SiZr. The van der Waals surface area contributed by atoms with Crippen molar-refractivity contribution in [3.63, 3.8) is 0 Å². The first-order chi connectivity index (χ1) is 26.6. The zero-order chi connectivity index (χ0) is 39.6. The van der Waals surface area contributed by atoms with Crippen LogP contribution in [0.3, 0.4) is 0 Å².